The molecule has 0 aliphatic heterocycles. The Bertz CT molecular complexity index is 746. The zero-order valence-corrected chi connectivity index (χ0v) is 10.9. The van der Waals surface area contributed by atoms with Gasteiger partial charge in [-0.3, -0.25) is 4.79 Å². The average Bonchev–Trinajstić information content (AvgIpc) is 2.72. The largest absolute Gasteiger partial charge is 0.506 e. The van der Waals surface area contributed by atoms with Crippen LogP contribution in [-0.4, -0.2) is 21.6 Å². The second-order valence-corrected chi connectivity index (χ2v) is 4.48. The van der Waals surface area contributed by atoms with E-state index in [0.717, 1.165) is 0 Å². The lowest BCUT2D eigenvalue weighted by Gasteiger charge is -2.01. The zero-order valence-electron chi connectivity index (χ0n) is 10.9. The SMILES string of the molecule is C/C(=N\c1ccccn1)C1=C(O)c2ccccc2C1=O. The van der Waals surface area contributed by atoms with Crippen molar-refractivity contribution in [3.63, 3.8) is 0 Å². The van der Waals surface area contributed by atoms with Crippen molar-refractivity contribution in [3.8, 4) is 0 Å². The Hall–Kier alpha value is -2.75. The van der Waals surface area contributed by atoms with Crippen molar-refractivity contribution in [1.29, 1.82) is 0 Å². The molecule has 0 spiro atoms. The summed E-state index contributed by atoms with van der Waals surface area (Å²) in [6, 6.07) is 12.3. The predicted molar refractivity (Wildman–Crippen MR) is 77.3 cm³/mol. The molecule has 0 radical (unpaired) electrons. The third-order valence-electron chi connectivity index (χ3n) is 3.18. The fourth-order valence-corrected chi connectivity index (χ4v) is 2.25. The van der Waals surface area contributed by atoms with Gasteiger partial charge >= 0.3 is 0 Å². The van der Waals surface area contributed by atoms with Gasteiger partial charge in [-0.15, -0.1) is 0 Å². The number of aromatic nitrogens is 1. The predicted octanol–water partition coefficient (Wildman–Crippen LogP) is 3.34. The zero-order chi connectivity index (χ0) is 14.1. The molecule has 1 aliphatic rings. The number of carbonyl (C=O) groups is 1. The fraction of sp³-hybridized carbons (Fsp3) is 0.0625. The number of aliphatic hydroxyl groups is 1. The number of rotatable bonds is 2. The van der Waals surface area contributed by atoms with Gasteiger partial charge < -0.3 is 5.11 Å². The number of hydrogen-bond acceptors (Lipinski definition) is 4. The smallest absolute Gasteiger partial charge is 0.199 e. The van der Waals surface area contributed by atoms with Gasteiger partial charge in [-0.1, -0.05) is 30.3 Å². The van der Waals surface area contributed by atoms with E-state index in [1.165, 1.54) is 0 Å². The molecule has 0 atom stereocenters. The van der Waals surface area contributed by atoms with Crippen LogP contribution in [0.1, 0.15) is 22.8 Å². The monoisotopic (exact) mass is 264 g/mol. The summed E-state index contributed by atoms with van der Waals surface area (Å²) in [7, 11) is 0. The van der Waals surface area contributed by atoms with Crippen LogP contribution in [0.25, 0.3) is 5.76 Å². The maximum absolute atomic E-state index is 12.3. The molecule has 0 fully saturated rings. The summed E-state index contributed by atoms with van der Waals surface area (Å²) in [6.07, 6.45) is 1.63. The molecule has 1 aliphatic carbocycles. The van der Waals surface area contributed by atoms with E-state index < -0.39 is 0 Å². The van der Waals surface area contributed by atoms with Crippen molar-refractivity contribution in [2.24, 2.45) is 4.99 Å². The Labute approximate surface area is 116 Å². The number of nitrogens with zero attached hydrogens (tertiary/aromatic N) is 2. The molecule has 0 unspecified atom stereocenters. The number of allylic oxidation sites excluding steroid dienone is 1. The summed E-state index contributed by atoms with van der Waals surface area (Å²) in [5.74, 6) is 0.298. The number of carbonyl (C=O) groups excluding carboxylic acids is 1. The van der Waals surface area contributed by atoms with Gasteiger partial charge in [0.25, 0.3) is 0 Å². The van der Waals surface area contributed by atoms with Crippen LogP contribution in [0.15, 0.2) is 59.2 Å². The minimum Gasteiger partial charge on any atom is -0.506 e. The van der Waals surface area contributed by atoms with Gasteiger partial charge in [0.15, 0.2) is 11.6 Å². The van der Waals surface area contributed by atoms with E-state index >= 15 is 0 Å². The van der Waals surface area contributed by atoms with Gasteiger partial charge in [-0.25, -0.2) is 9.98 Å². The van der Waals surface area contributed by atoms with Crippen LogP contribution in [-0.2, 0) is 0 Å². The van der Waals surface area contributed by atoms with Crippen LogP contribution in [0.2, 0.25) is 0 Å². The van der Waals surface area contributed by atoms with Gasteiger partial charge in [0.1, 0.15) is 5.76 Å². The first kappa shape index (κ1) is 12.3. The normalized spacial score (nSPS) is 14.7. The number of ketones is 1. The van der Waals surface area contributed by atoms with E-state index in [-0.39, 0.29) is 17.1 Å². The number of aliphatic hydroxyl groups excluding tert-OH is 1. The highest BCUT2D eigenvalue weighted by atomic mass is 16.3. The van der Waals surface area contributed by atoms with Crippen LogP contribution >= 0.6 is 0 Å². The quantitative estimate of drug-likeness (QED) is 0.846. The molecule has 1 aromatic carbocycles. The number of Topliss-reactive ketones (excluding diaryl/α,β-unsaturated/α-hetero) is 1. The Kier molecular flexibility index (Phi) is 2.91. The molecular weight excluding hydrogens is 252 g/mol. The number of hydrogen-bond donors (Lipinski definition) is 1. The van der Waals surface area contributed by atoms with Crippen LogP contribution in [0, 0.1) is 0 Å². The van der Waals surface area contributed by atoms with Crippen molar-refractivity contribution in [3.05, 3.63) is 65.4 Å². The van der Waals surface area contributed by atoms with Crippen molar-refractivity contribution >= 4 is 23.1 Å². The van der Waals surface area contributed by atoms with E-state index in [2.05, 4.69) is 9.98 Å². The first-order valence-electron chi connectivity index (χ1n) is 6.22. The van der Waals surface area contributed by atoms with E-state index in [0.29, 0.717) is 22.7 Å². The van der Waals surface area contributed by atoms with Gasteiger partial charge in [-0.05, 0) is 19.1 Å². The Morgan fingerprint density at radius 2 is 1.80 bits per heavy atom. The van der Waals surface area contributed by atoms with E-state index in [4.69, 9.17) is 0 Å². The fourth-order valence-electron chi connectivity index (χ4n) is 2.25. The second kappa shape index (κ2) is 4.74. The lowest BCUT2D eigenvalue weighted by molar-refractivity contribution is 0.104. The van der Waals surface area contributed by atoms with Crippen LogP contribution in [0.5, 0.6) is 0 Å². The van der Waals surface area contributed by atoms with E-state index in [9.17, 15) is 9.90 Å². The molecule has 0 bridgehead atoms. The minimum absolute atomic E-state index is 0.0113. The first-order valence-corrected chi connectivity index (χ1v) is 6.22. The maximum Gasteiger partial charge on any atom is 0.199 e. The summed E-state index contributed by atoms with van der Waals surface area (Å²) in [5, 5.41) is 10.2. The Morgan fingerprint density at radius 3 is 2.45 bits per heavy atom. The van der Waals surface area contributed by atoms with E-state index in [1.807, 2.05) is 6.07 Å². The highest BCUT2D eigenvalue weighted by Crippen LogP contribution is 2.32. The molecule has 1 heterocycles. The molecule has 20 heavy (non-hydrogen) atoms. The van der Waals surface area contributed by atoms with Crippen LogP contribution < -0.4 is 0 Å². The summed E-state index contributed by atoms with van der Waals surface area (Å²) >= 11 is 0. The molecule has 0 saturated carbocycles. The topological polar surface area (TPSA) is 62.6 Å². The average molecular weight is 264 g/mol. The highest BCUT2D eigenvalue weighted by Gasteiger charge is 2.30. The molecule has 0 saturated heterocycles. The molecule has 4 heteroatoms. The van der Waals surface area contributed by atoms with Crippen molar-refractivity contribution in [1.82, 2.24) is 4.98 Å². The van der Waals surface area contributed by atoms with Crippen LogP contribution in [0.3, 0.4) is 0 Å². The van der Waals surface area contributed by atoms with Crippen molar-refractivity contribution in [2.75, 3.05) is 0 Å². The number of pyridine rings is 1. The molecule has 1 N–H and O–H groups in total. The third kappa shape index (κ3) is 1.91. The van der Waals surface area contributed by atoms with E-state index in [1.54, 1.807) is 49.5 Å². The number of benzene rings is 1. The summed E-state index contributed by atoms with van der Waals surface area (Å²) in [4.78, 5) is 20.7. The molecule has 2 aromatic rings. The molecule has 0 amide bonds. The van der Waals surface area contributed by atoms with Gasteiger partial charge in [0.2, 0.25) is 0 Å². The lowest BCUT2D eigenvalue weighted by atomic mass is 10.1. The maximum atomic E-state index is 12.3. The van der Waals surface area contributed by atoms with Crippen molar-refractivity contribution < 1.29 is 9.90 Å². The van der Waals surface area contributed by atoms with Gasteiger partial charge in [-0.2, -0.15) is 0 Å². The summed E-state index contributed by atoms with van der Waals surface area (Å²) in [5.41, 5.74) is 1.78. The molecule has 98 valence electrons. The van der Waals surface area contributed by atoms with Gasteiger partial charge in [0, 0.05) is 17.3 Å². The highest BCUT2D eigenvalue weighted by molar-refractivity contribution is 6.35. The van der Waals surface area contributed by atoms with Crippen molar-refractivity contribution in [2.45, 2.75) is 6.92 Å². The molecule has 1 aromatic heterocycles. The second-order valence-electron chi connectivity index (χ2n) is 4.48. The van der Waals surface area contributed by atoms with Gasteiger partial charge in [0.05, 0.1) is 11.3 Å². The third-order valence-corrected chi connectivity index (χ3v) is 3.18. The number of aliphatic imine (C=N–C) groups is 1. The first-order chi connectivity index (χ1) is 9.68. The summed E-state index contributed by atoms with van der Waals surface area (Å²) in [6.45, 7) is 1.70. The Morgan fingerprint density at radius 1 is 1.10 bits per heavy atom. The summed E-state index contributed by atoms with van der Waals surface area (Å²) < 4.78 is 0. The molecule has 4 nitrogen and oxygen atoms in total. The lowest BCUT2D eigenvalue weighted by Crippen LogP contribution is -2.07. The molecule has 3 rings (SSSR count). The minimum atomic E-state index is -0.199. The molecular formula is C16H12N2O2. The van der Waals surface area contributed by atoms with Crippen LogP contribution in [0.4, 0.5) is 5.82 Å². The standard InChI is InChI=1S/C16H12N2O2/c1-10(18-13-8-4-5-9-17-13)14-15(19)11-6-2-3-7-12(11)16(14)20/h2-9,19H,1H3/b18-10+. The number of fused-ring (bicyclic) bond motifs is 1. The Balaban J connectivity index is 2.06.